The summed E-state index contributed by atoms with van der Waals surface area (Å²) in [5.41, 5.74) is 4.56. The summed E-state index contributed by atoms with van der Waals surface area (Å²) >= 11 is 3.26. The maximum Gasteiger partial charge on any atom is 0.267 e. The highest BCUT2D eigenvalue weighted by molar-refractivity contribution is 7.98. The van der Waals surface area contributed by atoms with Crippen LogP contribution in [0.1, 0.15) is 34.4 Å². The molecule has 0 saturated carbocycles. The first-order valence-electron chi connectivity index (χ1n) is 8.29. The lowest BCUT2D eigenvalue weighted by Crippen LogP contribution is -2.23. The van der Waals surface area contributed by atoms with Crippen molar-refractivity contribution in [2.75, 3.05) is 6.26 Å². The molecule has 24 heavy (non-hydrogen) atoms. The Morgan fingerprint density at radius 1 is 1.21 bits per heavy atom. The van der Waals surface area contributed by atoms with Gasteiger partial charge in [0, 0.05) is 4.88 Å². The standard InChI is InChI=1S/C19H20N2OS2/c1-11-8-9-12(2)14(10-11)21-18(22)16-13-6-4-5-7-15(13)24-17(16)20-19(21)23-3/h8-10H,4-7H2,1-3H3. The molecule has 0 saturated heterocycles. The molecule has 0 aliphatic heterocycles. The minimum absolute atomic E-state index is 0.0949. The van der Waals surface area contributed by atoms with Gasteiger partial charge >= 0.3 is 0 Å². The molecule has 1 aliphatic rings. The summed E-state index contributed by atoms with van der Waals surface area (Å²) in [7, 11) is 0. The van der Waals surface area contributed by atoms with E-state index in [0.717, 1.165) is 45.0 Å². The van der Waals surface area contributed by atoms with Crippen molar-refractivity contribution in [3.05, 3.63) is 50.1 Å². The van der Waals surface area contributed by atoms with Crippen LogP contribution >= 0.6 is 23.1 Å². The Bertz CT molecular complexity index is 1000. The van der Waals surface area contributed by atoms with Crippen LogP contribution in [0.5, 0.6) is 0 Å². The van der Waals surface area contributed by atoms with Crippen molar-refractivity contribution in [3.63, 3.8) is 0 Å². The van der Waals surface area contributed by atoms with Crippen molar-refractivity contribution >= 4 is 33.3 Å². The first-order valence-corrected chi connectivity index (χ1v) is 10.3. The fourth-order valence-electron chi connectivity index (χ4n) is 3.50. The van der Waals surface area contributed by atoms with Gasteiger partial charge in [0.15, 0.2) is 5.16 Å². The number of fused-ring (bicyclic) bond motifs is 3. The number of benzene rings is 1. The van der Waals surface area contributed by atoms with E-state index in [2.05, 4.69) is 32.0 Å². The Balaban J connectivity index is 2.09. The molecule has 1 aliphatic carbocycles. The van der Waals surface area contributed by atoms with Gasteiger partial charge in [0.25, 0.3) is 5.56 Å². The van der Waals surface area contributed by atoms with Crippen LogP contribution in [-0.2, 0) is 12.8 Å². The predicted molar refractivity (Wildman–Crippen MR) is 103 cm³/mol. The molecular weight excluding hydrogens is 336 g/mol. The van der Waals surface area contributed by atoms with E-state index < -0.39 is 0 Å². The SMILES string of the molecule is CSc1nc2sc3c(c2c(=O)n1-c1cc(C)ccc1C)CCCC3. The zero-order valence-corrected chi connectivity index (χ0v) is 15.8. The number of aryl methyl sites for hydroxylation is 4. The molecule has 5 heteroatoms. The van der Waals surface area contributed by atoms with Crippen LogP contribution in [0.15, 0.2) is 28.2 Å². The third kappa shape index (κ3) is 2.42. The van der Waals surface area contributed by atoms with E-state index in [9.17, 15) is 4.79 Å². The van der Waals surface area contributed by atoms with Crippen molar-refractivity contribution in [2.45, 2.75) is 44.7 Å². The largest absolute Gasteiger partial charge is 0.268 e. The second kappa shape index (κ2) is 6.05. The number of rotatable bonds is 2. The van der Waals surface area contributed by atoms with Crippen molar-refractivity contribution in [3.8, 4) is 5.69 Å². The molecule has 2 aromatic heterocycles. The predicted octanol–water partition coefficient (Wildman–Crippen LogP) is 4.66. The van der Waals surface area contributed by atoms with Gasteiger partial charge in [-0.15, -0.1) is 11.3 Å². The first kappa shape index (κ1) is 15.9. The van der Waals surface area contributed by atoms with Gasteiger partial charge in [0.05, 0.1) is 11.1 Å². The van der Waals surface area contributed by atoms with E-state index in [1.807, 2.05) is 10.8 Å². The fraction of sp³-hybridized carbons (Fsp3) is 0.368. The minimum atomic E-state index is 0.0949. The zero-order chi connectivity index (χ0) is 16.8. The summed E-state index contributed by atoms with van der Waals surface area (Å²) in [5, 5.41) is 1.63. The maximum absolute atomic E-state index is 13.4. The van der Waals surface area contributed by atoms with Crippen LogP contribution in [0.25, 0.3) is 15.9 Å². The zero-order valence-electron chi connectivity index (χ0n) is 14.2. The van der Waals surface area contributed by atoms with E-state index in [4.69, 9.17) is 4.98 Å². The lowest BCUT2D eigenvalue weighted by molar-refractivity contribution is 0.699. The first-order chi connectivity index (χ1) is 11.6. The van der Waals surface area contributed by atoms with Crippen LogP contribution in [0.3, 0.4) is 0 Å². The Hall–Kier alpha value is -1.59. The highest BCUT2D eigenvalue weighted by Crippen LogP contribution is 2.35. The number of thioether (sulfide) groups is 1. The number of hydrogen-bond acceptors (Lipinski definition) is 4. The van der Waals surface area contributed by atoms with Gasteiger partial charge in [-0.3, -0.25) is 9.36 Å². The van der Waals surface area contributed by atoms with Crippen molar-refractivity contribution < 1.29 is 0 Å². The second-order valence-corrected chi connectivity index (χ2v) is 8.28. The normalized spacial score (nSPS) is 14.1. The summed E-state index contributed by atoms with van der Waals surface area (Å²) < 4.78 is 1.82. The van der Waals surface area contributed by atoms with Gasteiger partial charge in [0.2, 0.25) is 0 Å². The summed E-state index contributed by atoms with van der Waals surface area (Å²) in [6, 6.07) is 6.25. The van der Waals surface area contributed by atoms with Gasteiger partial charge in [0.1, 0.15) is 4.83 Å². The Morgan fingerprint density at radius 3 is 2.79 bits per heavy atom. The van der Waals surface area contributed by atoms with Crippen LogP contribution < -0.4 is 5.56 Å². The number of aromatic nitrogens is 2. The second-order valence-electron chi connectivity index (χ2n) is 6.42. The molecule has 0 radical (unpaired) electrons. The van der Waals surface area contributed by atoms with E-state index in [1.165, 1.54) is 35.0 Å². The highest BCUT2D eigenvalue weighted by atomic mass is 32.2. The lowest BCUT2D eigenvalue weighted by Gasteiger charge is -2.15. The average molecular weight is 357 g/mol. The molecule has 1 aromatic carbocycles. The molecule has 0 amide bonds. The highest BCUT2D eigenvalue weighted by Gasteiger charge is 2.22. The minimum Gasteiger partial charge on any atom is -0.268 e. The molecule has 0 atom stereocenters. The molecule has 0 bridgehead atoms. The van der Waals surface area contributed by atoms with Crippen LogP contribution in [0.2, 0.25) is 0 Å². The van der Waals surface area contributed by atoms with Crippen LogP contribution in [0.4, 0.5) is 0 Å². The molecule has 0 N–H and O–H groups in total. The molecule has 124 valence electrons. The molecule has 0 fully saturated rings. The van der Waals surface area contributed by atoms with Crippen molar-refractivity contribution in [1.29, 1.82) is 0 Å². The third-order valence-corrected chi connectivity index (χ3v) is 6.57. The number of nitrogens with zero attached hydrogens (tertiary/aromatic N) is 2. The van der Waals surface area contributed by atoms with Crippen LogP contribution in [0, 0.1) is 13.8 Å². The molecule has 0 spiro atoms. The van der Waals surface area contributed by atoms with Gasteiger partial charge in [-0.1, -0.05) is 23.9 Å². The topological polar surface area (TPSA) is 34.9 Å². The smallest absolute Gasteiger partial charge is 0.267 e. The van der Waals surface area contributed by atoms with Crippen molar-refractivity contribution in [1.82, 2.24) is 9.55 Å². The van der Waals surface area contributed by atoms with Gasteiger partial charge in [-0.25, -0.2) is 4.98 Å². The third-order valence-electron chi connectivity index (χ3n) is 4.75. The summed E-state index contributed by atoms with van der Waals surface area (Å²) in [4.78, 5) is 20.6. The monoisotopic (exact) mass is 356 g/mol. The van der Waals surface area contributed by atoms with Crippen molar-refractivity contribution in [2.24, 2.45) is 0 Å². The molecule has 3 nitrogen and oxygen atoms in total. The van der Waals surface area contributed by atoms with E-state index in [0.29, 0.717) is 0 Å². The fourth-order valence-corrected chi connectivity index (χ4v) is 5.35. The molecular formula is C19H20N2OS2. The maximum atomic E-state index is 13.4. The van der Waals surface area contributed by atoms with Gasteiger partial charge in [-0.2, -0.15) is 0 Å². The van der Waals surface area contributed by atoms with E-state index in [-0.39, 0.29) is 5.56 Å². The Kier molecular flexibility index (Phi) is 4.01. The summed E-state index contributed by atoms with van der Waals surface area (Å²) in [6.45, 7) is 4.11. The molecule has 3 aromatic rings. The quantitative estimate of drug-likeness (QED) is 0.494. The van der Waals surface area contributed by atoms with Gasteiger partial charge in [-0.05, 0) is 68.5 Å². The Morgan fingerprint density at radius 2 is 2.00 bits per heavy atom. The average Bonchev–Trinajstić information content (AvgIpc) is 2.95. The van der Waals surface area contributed by atoms with E-state index in [1.54, 1.807) is 11.3 Å². The van der Waals surface area contributed by atoms with E-state index >= 15 is 0 Å². The lowest BCUT2D eigenvalue weighted by atomic mass is 9.97. The number of thiophene rings is 1. The summed E-state index contributed by atoms with van der Waals surface area (Å²) in [6.07, 6.45) is 6.49. The molecule has 4 rings (SSSR count). The molecule has 0 unspecified atom stereocenters. The van der Waals surface area contributed by atoms with Gasteiger partial charge < -0.3 is 0 Å². The Labute approximate surface area is 149 Å². The number of hydrogen-bond donors (Lipinski definition) is 0. The summed E-state index contributed by atoms with van der Waals surface area (Å²) in [5.74, 6) is 0. The van der Waals surface area contributed by atoms with Crippen LogP contribution in [-0.4, -0.2) is 15.8 Å². The molecule has 2 heterocycles.